The summed E-state index contributed by atoms with van der Waals surface area (Å²) in [6, 6.07) is 5.42. The Bertz CT molecular complexity index is 634. The summed E-state index contributed by atoms with van der Waals surface area (Å²) in [6.07, 6.45) is 1.21. The van der Waals surface area contributed by atoms with Gasteiger partial charge in [0.15, 0.2) is 0 Å². The summed E-state index contributed by atoms with van der Waals surface area (Å²) in [5.41, 5.74) is 0.891. The smallest absolute Gasteiger partial charge is 0.277 e. The first-order valence-electron chi connectivity index (χ1n) is 7.63. The Morgan fingerprint density at radius 2 is 1.88 bits per heavy atom. The van der Waals surface area contributed by atoms with E-state index in [1.165, 1.54) is 0 Å². The van der Waals surface area contributed by atoms with Gasteiger partial charge in [-0.25, -0.2) is 4.72 Å². The summed E-state index contributed by atoms with van der Waals surface area (Å²) in [6.45, 7) is 2.22. The predicted octanol–water partition coefficient (Wildman–Crippen LogP) is 0.197. The van der Waals surface area contributed by atoms with Crippen LogP contribution in [0.25, 0.3) is 0 Å². The molecule has 0 aliphatic rings. The predicted molar refractivity (Wildman–Crippen MR) is 91.5 cm³/mol. The van der Waals surface area contributed by atoms with Gasteiger partial charge in [0.1, 0.15) is 11.5 Å². The lowest BCUT2D eigenvalue weighted by molar-refractivity contribution is -0.119. The molecule has 0 atom stereocenters. The molecule has 0 aliphatic heterocycles. The van der Waals surface area contributed by atoms with Crippen LogP contribution >= 0.6 is 0 Å². The summed E-state index contributed by atoms with van der Waals surface area (Å²) in [5.74, 6) is 1.00. The van der Waals surface area contributed by atoms with Crippen molar-refractivity contribution in [2.24, 2.45) is 0 Å². The van der Waals surface area contributed by atoms with Crippen LogP contribution in [-0.4, -0.2) is 48.2 Å². The van der Waals surface area contributed by atoms with Crippen LogP contribution in [0.1, 0.15) is 18.9 Å². The van der Waals surface area contributed by atoms with Gasteiger partial charge in [-0.3, -0.25) is 4.79 Å². The molecular weight excluding hydrogens is 334 g/mol. The van der Waals surface area contributed by atoms with Crippen molar-refractivity contribution in [3.8, 4) is 11.5 Å². The van der Waals surface area contributed by atoms with Gasteiger partial charge in [0.2, 0.25) is 5.91 Å². The zero-order valence-corrected chi connectivity index (χ0v) is 15.0. The molecule has 8 nitrogen and oxygen atoms in total. The summed E-state index contributed by atoms with van der Waals surface area (Å²) >= 11 is 0. The molecular formula is C15H25N3O5S. The van der Waals surface area contributed by atoms with Crippen molar-refractivity contribution < 1.29 is 22.7 Å². The van der Waals surface area contributed by atoms with Gasteiger partial charge in [0, 0.05) is 13.1 Å². The average Bonchev–Trinajstić information content (AvgIpc) is 2.58. The first kappa shape index (κ1) is 20.2. The van der Waals surface area contributed by atoms with E-state index in [2.05, 4.69) is 14.8 Å². The number of ether oxygens (including phenoxy) is 2. The minimum Gasteiger partial charge on any atom is -0.497 e. The molecule has 1 rings (SSSR count). The Balaban J connectivity index is 2.43. The van der Waals surface area contributed by atoms with E-state index in [1.54, 1.807) is 26.4 Å². The molecule has 0 bridgehead atoms. The van der Waals surface area contributed by atoms with Gasteiger partial charge in [-0.2, -0.15) is 13.1 Å². The van der Waals surface area contributed by atoms with Crippen LogP contribution in [0.4, 0.5) is 0 Å². The van der Waals surface area contributed by atoms with E-state index < -0.39 is 16.1 Å². The first-order valence-corrected chi connectivity index (χ1v) is 9.12. The van der Waals surface area contributed by atoms with Crippen LogP contribution in [0.5, 0.6) is 11.5 Å². The Morgan fingerprint density at radius 1 is 1.12 bits per heavy atom. The van der Waals surface area contributed by atoms with Gasteiger partial charge in [-0.1, -0.05) is 6.92 Å². The fraction of sp³-hybridized carbons (Fsp3) is 0.533. The van der Waals surface area contributed by atoms with Crippen molar-refractivity contribution in [1.29, 1.82) is 0 Å². The van der Waals surface area contributed by atoms with Gasteiger partial charge < -0.3 is 14.8 Å². The molecule has 9 heteroatoms. The van der Waals surface area contributed by atoms with Crippen LogP contribution in [0.15, 0.2) is 18.2 Å². The highest BCUT2D eigenvalue weighted by Gasteiger charge is 2.11. The maximum absolute atomic E-state index is 11.7. The van der Waals surface area contributed by atoms with E-state index in [0.29, 0.717) is 37.4 Å². The van der Waals surface area contributed by atoms with Gasteiger partial charge in [0.05, 0.1) is 20.8 Å². The molecule has 0 heterocycles. The maximum atomic E-state index is 11.7. The second kappa shape index (κ2) is 10.1. The molecule has 1 aromatic rings. The molecule has 0 spiro atoms. The summed E-state index contributed by atoms with van der Waals surface area (Å²) in [7, 11) is -0.486. The highest BCUT2D eigenvalue weighted by Crippen LogP contribution is 2.23. The molecule has 136 valence electrons. The topological polar surface area (TPSA) is 106 Å². The molecule has 0 unspecified atom stereocenters. The lowest BCUT2D eigenvalue weighted by atomic mass is 10.1. The summed E-state index contributed by atoms with van der Waals surface area (Å²) < 4.78 is 38.0. The van der Waals surface area contributed by atoms with E-state index in [-0.39, 0.29) is 6.54 Å². The third-order valence-electron chi connectivity index (χ3n) is 3.17. The molecule has 0 aliphatic carbocycles. The standard InChI is InChI=1S/C15H25N3O5S/c1-4-8-17-24(20,21)18-11-15(19)16-9-7-12-10-13(22-2)5-6-14(12)23-3/h5-6,10,17-18H,4,7-9,11H2,1-3H3,(H,16,19). The van der Waals surface area contributed by atoms with E-state index in [4.69, 9.17) is 9.47 Å². The van der Waals surface area contributed by atoms with E-state index >= 15 is 0 Å². The SMILES string of the molecule is CCCNS(=O)(=O)NCC(=O)NCCc1cc(OC)ccc1OC. The van der Waals surface area contributed by atoms with E-state index in [9.17, 15) is 13.2 Å². The van der Waals surface area contributed by atoms with E-state index in [0.717, 1.165) is 5.56 Å². The van der Waals surface area contributed by atoms with Crippen LogP contribution < -0.4 is 24.2 Å². The maximum Gasteiger partial charge on any atom is 0.277 e. The van der Waals surface area contributed by atoms with Gasteiger partial charge in [-0.05, 0) is 36.6 Å². The molecule has 0 saturated carbocycles. The number of hydrogen-bond donors (Lipinski definition) is 3. The number of carbonyl (C=O) groups is 1. The van der Waals surface area contributed by atoms with E-state index in [1.807, 2.05) is 13.0 Å². The highest BCUT2D eigenvalue weighted by atomic mass is 32.2. The van der Waals surface area contributed by atoms with Crippen molar-refractivity contribution in [3.63, 3.8) is 0 Å². The minimum absolute atomic E-state index is 0.311. The zero-order valence-electron chi connectivity index (χ0n) is 14.2. The highest BCUT2D eigenvalue weighted by molar-refractivity contribution is 7.87. The lowest BCUT2D eigenvalue weighted by Gasteiger charge is -2.11. The number of carbonyl (C=O) groups excluding carboxylic acids is 1. The molecule has 0 fully saturated rings. The fourth-order valence-electron chi connectivity index (χ4n) is 1.92. The van der Waals surface area contributed by atoms with Crippen molar-refractivity contribution in [2.45, 2.75) is 19.8 Å². The van der Waals surface area contributed by atoms with Gasteiger partial charge in [-0.15, -0.1) is 0 Å². The molecule has 3 N–H and O–H groups in total. The quantitative estimate of drug-likeness (QED) is 0.523. The van der Waals surface area contributed by atoms with Crippen LogP contribution in [0.3, 0.4) is 0 Å². The molecule has 24 heavy (non-hydrogen) atoms. The number of benzene rings is 1. The number of amides is 1. The second-order valence-electron chi connectivity index (χ2n) is 5.00. The monoisotopic (exact) mass is 359 g/mol. The fourth-order valence-corrected chi connectivity index (χ4v) is 2.82. The number of methoxy groups -OCH3 is 2. The number of nitrogens with one attached hydrogen (secondary N) is 3. The lowest BCUT2D eigenvalue weighted by Crippen LogP contribution is -2.43. The molecule has 0 radical (unpaired) electrons. The average molecular weight is 359 g/mol. The summed E-state index contributed by atoms with van der Waals surface area (Å²) in [5, 5.41) is 2.66. The van der Waals surface area contributed by atoms with Crippen molar-refractivity contribution in [3.05, 3.63) is 23.8 Å². The van der Waals surface area contributed by atoms with Gasteiger partial charge in [0.25, 0.3) is 10.2 Å². The molecule has 0 aromatic heterocycles. The first-order chi connectivity index (χ1) is 11.4. The van der Waals surface area contributed by atoms with Crippen molar-refractivity contribution >= 4 is 16.1 Å². The third-order valence-corrected chi connectivity index (χ3v) is 4.28. The normalized spacial score (nSPS) is 11.1. The van der Waals surface area contributed by atoms with Gasteiger partial charge >= 0.3 is 0 Å². The number of rotatable bonds is 11. The minimum atomic E-state index is -3.63. The Labute approximate surface area is 143 Å². The van der Waals surface area contributed by atoms with Crippen LogP contribution in [0.2, 0.25) is 0 Å². The Kier molecular flexibility index (Phi) is 8.51. The van der Waals surface area contributed by atoms with Crippen molar-refractivity contribution in [2.75, 3.05) is 33.9 Å². The third kappa shape index (κ3) is 7.16. The Morgan fingerprint density at radius 3 is 2.50 bits per heavy atom. The number of hydrogen-bond acceptors (Lipinski definition) is 5. The molecule has 1 amide bonds. The summed E-state index contributed by atoms with van der Waals surface area (Å²) in [4.78, 5) is 11.7. The largest absolute Gasteiger partial charge is 0.497 e. The molecule has 0 saturated heterocycles. The van der Waals surface area contributed by atoms with Crippen molar-refractivity contribution in [1.82, 2.24) is 14.8 Å². The second-order valence-corrected chi connectivity index (χ2v) is 6.58. The Hall–Kier alpha value is -1.84. The van der Waals surface area contributed by atoms with Crippen LogP contribution in [-0.2, 0) is 21.4 Å². The van der Waals surface area contributed by atoms with Crippen LogP contribution in [0, 0.1) is 0 Å². The zero-order chi connectivity index (χ0) is 18.0. The molecule has 1 aromatic carbocycles.